The molecule has 1 fully saturated rings. The molecule has 3 rings (SSSR count). The van der Waals surface area contributed by atoms with Crippen LogP contribution >= 0.6 is 7.75 Å². The van der Waals surface area contributed by atoms with Crippen molar-refractivity contribution in [1.82, 2.24) is 5.09 Å². The third-order valence-corrected chi connectivity index (χ3v) is 5.44. The lowest BCUT2D eigenvalue weighted by atomic mass is 10.3. The number of nitrogens with one attached hydrogen (secondary N) is 1. The quantitative estimate of drug-likeness (QED) is 0.281. The van der Waals surface area contributed by atoms with Crippen LogP contribution < -0.4 is 14.1 Å². The minimum absolute atomic E-state index is 0.0651. The summed E-state index contributed by atoms with van der Waals surface area (Å²) in [6, 6.07) is 12.2. The van der Waals surface area contributed by atoms with Gasteiger partial charge in [-0.2, -0.15) is 5.09 Å². The van der Waals surface area contributed by atoms with Crippen LogP contribution in [0.3, 0.4) is 0 Å². The maximum atomic E-state index is 13.3. The average molecular weight is 422 g/mol. The van der Waals surface area contributed by atoms with E-state index in [1.165, 1.54) is 31.2 Å². The molecule has 1 unspecified atom stereocenters. The summed E-state index contributed by atoms with van der Waals surface area (Å²) in [6.45, 7) is 2.09. The Morgan fingerprint density at radius 3 is 2.24 bits per heavy atom. The Labute approximate surface area is 166 Å². The van der Waals surface area contributed by atoms with E-state index in [2.05, 4.69) is 5.09 Å². The molecule has 1 saturated heterocycles. The number of non-ortho nitro benzene ring substituents is 1. The smallest absolute Gasteiger partial charge is 0.456 e. The lowest BCUT2D eigenvalue weighted by Crippen LogP contribution is -2.43. The molecular formula is C18H19N2O8P. The second kappa shape index (κ2) is 9.04. The average Bonchev–Trinajstić information content (AvgIpc) is 2.65. The molecule has 154 valence electrons. The minimum atomic E-state index is -4.10. The number of carbonyl (C=O) groups excluding carboxylic acids is 1. The molecule has 0 aromatic heterocycles. The summed E-state index contributed by atoms with van der Waals surface area (Å²) in [5, 5.41) is 13.3. The van der Waals surface area contributed by atoms with Gasteiger partial charge in [0.25, 0.3) is 5.69 Å². The number of nitrogens with zero attached hydrogens (tertiary/aromatic N) is 1. The Kier molecular flexibility index (Phi) is 6.48. The number of nitro benzene ring substituents is 1. The number of carbonyl (C=O) groups is 1. The van der Waals surface area contributed by atoms with Gasteiger partial charge in [-0.25, -0.2) is 4.57 Å². The molecule has 1 aliphatic heterocycles. The van der Waals surface area contributed by atoms with Crippen LogP contribution in [-0.2, 0) is 18.8 Å². The Bertz CT molecular complexity index is 902. The summed E-state index contributed by atoms with van der Waals surface area (Å²) in [5.74, 6) is -0.323. The third kappa shape index (κ3) is 5.77. The highest BCUT2D eigenvalue weighted by atomic mass is 31.2. The van der Waals surface area contributed by atoms with Crippen LogP contribution in [0.2, 0.25) is 0 Å². The van der Waals surface area contributed by atoms with Crippen molar-refractivity contribution in [2.45, 2.75) is 19.1 Å². The lowest BCUT2D eigenvalue weighted by molar-refractivity contribution is -0.384. The Balaban J connectivity index is 1.75. The molecular weight excluding hydrogens is 403 g/mol. The van der Waals surface area contributed by atoms with Crippen molar-refractivity contribution in [3.8, 4) is 11.5 Å². The van der Waals surface area contributed by atoms with E-state index < -0.39 is 24.7 Å². The summed E-state index contributed by atoms with van der Waals surface area (Å²) in [6.07, 6.45) is -0.336. The van der Waals surface area contributed by atoms with E-state index >= 15 is 0 Å². The van der Waals surface area contributed by atoms with Gasteiger partial charge in [0.15, 0.2) is 0 Å². The van der Waals surface area contributed by atoms with Crippen LogP contribution in [0.5, 0.6) is 11.5 Å². The van der Waals surface area contributed by atoms with E-state index in [-0.39, 0.29) is 23.3 Å². The molecule has 11 heteroatoms. The number of benzene rings is 2. The zero-order valence-corrected chi connectivity index (χ0v) is 16.3. The van der Waals surface area contributed by atoms with Crippen molar-refractivity contribution >= 4 is 19.4 Å². The van der Waals surface area contributed by atoms with Gasteiger partial charge >= 0.3 is 13.7 Å². The molecule has 0 aliphatic carbocycles. The largest absolute Gasteiger partial charge is 0.513 e. The number of rotatable bonds is 9. The van der Waals surface area contributed by atoms with Crippen LogP contribution in [0.4, 0.5) is 5.69 Å². The van der Waals surface area contributed by atoms with Gasteiger partial charge < -0.3 is 18.5 Å². The zero-order valence-electron chi connectivity index (χ0n) is 15.4. The Hall–Kier alpha value is -2.94. The fraction of sp³-hybridized carbons (Fsp3) is 0.278. The van der Waals surface area contributed by atoms with Gasteiger partial charge in [0, 0.05) is 12.1 Å². The van der Waals surface area contributed by atoms with Crippen molar-refractivity contribution in [2.24, 2.45) is 0 Å². The second-order valence-corrected chi connectivity index (χ2v) is 7.81. The number of hydrogen-bond donors (Lipinski definition) is 1. The first-order valence-electron chi connectivity index (χ1n) is 8.69. The summed E-state index contributed by atoms with van der Waals surface area (Å²) in [5.41, 5.74) is -0.149. The second-order valence-electron chi connectivity index (χ2n) is 6.19. The topological polar surface area (TPSA) is 126 Å². The van der Waals surface area contributed by atoms with Gasteiger partial charge in [-0.1, -0.05) is 18.2 Å². The van der Waals surface area contributed by atoms with Crippen LogP contribution in [0.1, 0.15) is 6.92 Å². The number of para-hydroxylation sites is 1. The van der Waals surface area contributed by atoms with Crippen molar-refractivity contribution in [3.05, 3.63) is 64.7 Å². The zero-order chi connectivity index (χ0) is 20.9. The first kappa shape index (κ1) is 20.8. The maximum Gasteiger partial charge on any atom is 0.513 e. The molecule has 1 aliphatic rings. The highest BCUT2D eigenvalue weighted by Gasteiger charge is 2.35. The molecule has 2 atom stereocenters. The standard InChI is InChI=1S/C18H19N2O8P/c1-13(18(21)26-17-11-25-12-17)19-29(24,27-15-5-3-2-4-6-15)28-16-9-7-14(8-10-16)20(22)23/h2-10,13,17H,11-12H2,1H3,(H,19,24)/t13-,29?/m0/s1. The first-order chi connectivity index (χ1) is 13.8. The SMILES string of the molecule is C[C@H](NP(=O)(Oc1ccccc1)Oc1ccc([N+](=O)[O-])cc1)C(=O)OC1COC1. The van der Waals surface area contributed by atoms with E-state index in [0.29, 0.717) is 13.2 Å². The summed E-state index contributed by atoms with van der Waals surface area (Å²) >= 11 is 0. The molecule has 10 nitrogen and oxygen atoms in total. The van der Waals surface area contributed by atoms with Crippen molar-refractivity contribution in [3.63, 3.8) is 0 Å². The molecule has 0 amide bonds. The molecule has 2 aromatic rings. The predicted molar refractivity (Wildman–Crippen MR) is 102 cm³/mol. The Morgan fingerprint density at radius 2 is 1.72 bits per heavy atom. The molecule has 1 N–H and O–H groups in total. The number of hydrogen-bond acceptors (Lipinski definition) is 8. The fourth-order valence-corrected chi connectivity index (χ4v) is 3.82. The number of esters is 1. The molecule has 0 radical (unpaired) electrons. The molecule has 0 bridgehead atoms. The summed E-state index contributed by atoms with van der Waals surface area (Å²) in [4.78, 5) is 22.4. The van der Waals surface area contributed by atoms with Gasteiger partial charge in [0.1, 0.15) is 23.6 Å². The van der Waals surface area contributed by atoms with Gasteiger partial charge in [0.05, 0.1) is 18.1 Å². The first-order valence-corrected chi connectivity index (χ1v) is 10.2. The molecule has 0 spiro atoms. The molecule has 2 aromatic carbocycles. The maximum absolute atomic E-state index is 13.3. The van der Waals surface area contributed by atoms with Crippen molar-refractivity contribution < 1.29 is 32.8 Å². The van der Waals surface area contributed by atoms with Gasteiger partial charge in [0.2, 0.25) is 0 Å². The molecule has 0 saturated carbocycles. The highest BCUT2D eigenvalue weighted by molar-refractivity contribution is 7.52. The lowest BCUT2D eigenvalue weighted by Gasteiger charge is -2.28. The van der Waals surface area contributed by atoms with E-state index in [1.54, 1.807) is 30.3 Å². The minimum Gasteiger partial charge on any atom is -0.456 e. The van der Waals surface area contributed by atoms with Crippen molar-refractivity contribution in [1.29, 1.82) is 0 Å². The molecule has 1 heterocycles. The van der Waals surface area contributed by atoms with Gasteiger partial charge in [-0.05, 0) is 31.2 Å². The van der Waals surface area contributed by atoms with Crippen LogP contribution in [0.15, 0.2) is 54.6 Å². The third-order valence-electron chi connectivity index (χ3n) is 3.84. The highest BCUT2D eigenvalue weighted by Crippen LogP contribution is 2.45. The van der Waals surface area contributed by atoms with Gasteiger partial charge in [-0.15, -0.1) is 0 Å². The van der Waals surface area contributed by atoms with Crippen LogP contribution in [0.25, 0.3) is 0 Å². The van der Waals surface area contributed by atoms with Crippen LogP contribution in [-0.4, -0.2) is 36.3 Å². The van der Waals surface area contributed by atoms with Crippen molar-refractivity contribution in [2.75, 3.05) is 13.2 Å². The molecule has 29 heavy (non-hydrogen) atoms. The number of ether oxygens (including phenoxy) is 2. The van der Waals surface area contributed by atoms with Gasteiger partial charge in [-0.3, -0.25) is 14.9 Å². The fourth-order valence-electron chi connectivity index (χ4n) is 2.30. The van der Waals surface area contributed by atoms with E-state index in [1.807, 2.05) is 0 Å². The summed E-state index contributed by atoms with van der Waals surface area (Å²) < 4.78 is 34.5. The van der Waals surface area contributed by atoms with Crippen LogP contribution in [0, 0.1) is 10.1 Å². The van der Waals surface area contributed by atoms with E-state index in [9.17, 15) is 19.5 Å². The predicted octanol–water partition coefficient (Wildman–Crippen LogP) is 3.08. The monoisotopic (exact) mass is 422 g/mol. The normalized spacial score (nSPS) is 16.7. The summed E-state index contributed by atoms with van der Waals surface area (Å²) in [7, 11) is -4.10. The van der Waals surface area contributed by atoms with E-state index in [4.69, 9.17) is 18.5 Å². The number of nitro groups is 1. The Morgan fingerprint density at radius 1 is 1.14 bits per heavy atom. The van der Waals surface area contributed by atoms with E-state index in [0.717, 1.165) is 0 Å².